The van der Waals surface area contributed by atoms with Crippen molar-refractivity contribution in [2.24, 2.45) is 0 Å². The number of hydrogen-bond donors (Lipinski definition) is 1. The number of nitrogens with one attached hydrogen (secondary N) is 1. The maximum Gasteiger partial charge on any atom is 0.336 e. The first-order chi connectivity index (χ1) is 13.7. The fourth-order valence-corrected chi connectivity index (χ4v) is 6.00. The molecule has 6 heteroatoms. The Hall–Kier alpha value is -2.41. The molecule has 0 saturated heterocycles. The Kier molecular flexibility index (Phi) is 4.55. The van der Waals surface area contributed by atoms with Gasteiger partial charge in [0.2, 0.25) is 0 Å². The maximum atomic E-state index is 12.2. The van der Waals surface area contributed by atoms with Crippen LogP contribution in [0.5, 0.6) is 5.75 Å². The van der Waals surface area contributed by atoms with E-state index in [0.29, 0.717) is 17.4 Å². The summed E-state index contributed by atoms with van der Waals surface area (Å²) in [5.74, 6) is 0.692. The predicted molar refractivity (Wildman–Crippen MR) is 113 cm³/mol. The Morgan fingerprint density at radius 2 is 2.11 bits per heavy atom. The van der Waals surface area contributed by atoms with Crippen LogP contribution >= 0.6 is 22.7 Å². The average molecular weight is 411 g/mol. The number of hydrogen-bond acceptors (Lipinski definition) is 5. The number of benzene rings is 1. The summed E-state index contributed by atoms with van der Waals surface area (Å²) >= 11 is 3.67. The van der Waals surface area contributed by atoms with Gasteiger partial charge in [-0.25, -0.2) is 4.79 Å². The van der Waals surface area contributed by atoms with Crippen molar-refractivity contribution in [2.45, 2.75) is 19.0 Å². The van der Waals surface area contributed by atoms with Crippen molar-refractivity contribution in [2.75, 3.05) is 13.7 Å². The summed E-state index contributed by atoms with van der Waals surface area (Å²) in [6.07, 6.45) is 1.08. The van der Waals surface area contributed by atoms with Crippen LogP contribution in [0.4, 0.5) is 0 Å². The Morgan fingerprint density at radius 1 is 1.18 bits per heavy atom. The van der Waals surface area contributed by atoms with Gasteiger partial charge in [-0.05, 0) is 35.0 Å². The molecule has 0 radical (unpaired) electrons. The van der Waals surface area contributed by atoms with Gasteiger partial charge in [-0.3, -0.25) is 0 Å². The normalized spacial score (nSPS) is 18.9. The van der Waals surface area contributed by atoms with E-state index < -0.39 is 0 Å². The van der Waals surface area contributed by atoms with E-state index >= 15 is 0 Å². The molecule has 0 saturated carbocycles. The van der Waals surface area contributed by atoms with Gasteiger partial charge in [0, 0.05) is 39.9 Å². The van der Waals surface area contributed by atoms with Gasteiger partial charge >= 0.3 is 5.63 Å². The average Bonchev–Trinajstić information content (AvgIpc) is 3.39. The summed E-state index contributed by atoms with van der Waals surface area (Å²) in [5.41, 5.74) is 2.74. The van der Waals surface area contributed by atoms with E-state index in [1.54, 1.807) is 19.2 Å². The van der Waals surface area contributed by atoms with Gasteiger partial charge in [-0.2, -0.15) is 0 Å². The summed E-state index contributed by atoms with van der Waals surface area (Å²) in [6.45, 7) is 1.83. The molecule has 0 fully saturated rings. The standard InChI is InChI=1S/C22H19NO3S2/c1-25-15-4-5-16-14(11-21(24)26-18(16)12-15)13-23-8-6-19-17(7-10-28-19)22(23)20-3-2-9-27-20/h2-5,7,9-12,22H,6,8,13H2,1H3/p+1/t22-/m0/s1. The molecule has 28 heavy (non-hydrogen) atoms. The van der Waals surface area contributed by atoms with Crippen molar-refractivity contribution >= 4 is 33.6 Å². The number of quaternary nitrogens is 1. The second kappa shape index (κ2) is 7.20. The van der Waals surface area contributed by atoms with Gasteiger partial charge in [0.05, 0.1) is 18.5 Å². The SMILES string of the molecule is COc1ccc2c(C[NH+]3CCc4sccc4[C@H]3c3cccs3)cc(=O)oc2c1. The summed E-state index contributed by atoms with van der Waals surface area (Å²) < 4.78 is 10.7. The third-order valence-corrected chi connectivity index (χ3v) is 7.39. The first kappa shape index (κ1) is 17.7. The van der Waals surface area contributed by atoms with E-state index in [2.05, 4.69) is 29.0 Å². The van der Waals surface area contributed by atoms with E-state index in [4.69, 9.17) is 9.15 Å². The predicted octanol–water partition coefficient (Wildman–Crippen LogP) is 3.66. The minimum absolute atomic E-state index is 0.309. The van der Waals surface area contributed by atoms with Gasteiger partial charge in [-0.15, -0.1) is 22.7 Å². The van der Waals surface area contributed by atoms with Gasteiger partial charge in [0.25, 0.3) is 0 Å². The van der Waals surface area contributed by atoms with Crippen molar-refractivity contribution in [3.05, 3.63) is 84.5 Å². The van der Waals surface area contributed by atoms with Gasteiger partial charge in [0.1, 0.15) is 23.9 Å². The fourth-order valence-electron chi connectivity index (χ4n) is 4.18. The van der Waals surface area contributed by atoms with Crippen molar-refractivity contribution in [3.8, 4) is 5.75 Å². The lowest BCUT2D eigenvalue weighted by molar-refractivity contribution is -0.940. The molecule has 1 N–H and O–H groups in total. The second-order valence-electron chi connectivity index (χ2n) is 7.04. The van der Waals surface area contributed by atoms with Crippen molar-refractivity contribution in [1.82, 2.24) is 0 Å². The Balaban J connectivity index is 1.58. The minimum Gasteiger partial charge on any atom is -0.497 e. The molecule has 3 aromatic heterocycles. The second-order valence-corrected chi connectivity index (χ2v) is 9.02. The summed E-state index contributed by atoms with van der Waals surface area (Å²) in [4.78, 5) is 16.5. The first-order valence-corrected chi connectivity index (χ1v) is 11.0. The Morgan fingerprint density at radius 3 is 2.93 bits per heavy atom. The zero-order chi connectivity index (χ0) is 19.1. The Bertz CT molecular complexity index is 1180. The fraction of sp³-hybridized carbons (Fsp3) is 0.227. The molecule has 0 amide bonds. The van der Waals surface area contributed by atoms with E-state index in [0.717, 1.165) is 30.5 Å². The molecule has 1 aliphatic rings. The lowest BCUT2D eigenvalue weighted by Crippen LogP contribution is -3.12. The van der Waals surface area contributed by atoms with Crippen LogP contribution in [0, 0.1) is 0 Å². The van der Waals surface area contributed by atoms with E-state index in [1.165, 1.54) is 20.2 Å². The van der Waals surface area contributed by atoms with Crippen LogP contribution in [-0.2, 0) is 13.0 Å². The van der Waals surface area contributed by atoms with E-state index in [-0.39, 0.29) is 5.63 Å². The minimum atomic E-state index is -0.309. The maximum absolute atomic E-state index is 12.2. The molecule has 2 atom stereocenters. The monoisotopic (exact) mass is 410 g/mol. The van der Waals surface area contributed by atoms with Crippen LogP contribution in [0.3, 0.4) is 0 Å². The Labute approximate surface area is 170 Å². The molecular formula is C22H20NO3S2+. The molecule has 0 aliphatic carbocycles. The molecule has 4 aromatic rings. The molecule has 4 heterocycles. The van der Waals surface area contributed by atoms with Gasteiger partial charge in [-0.1, -0.05) is 6.07 Å². The molecule has 0 bridgehead atoms. The lowest BCUT2D eigenvalue weighted by Gasteiger charge is -2.32. The molecule has 1 aromatic carbocycles. The van der Waals surface area contributed by atoms with Crippen molar-refractivity contribution in [1.29, 1.82) is 0 Å². The summed E-state index contributed by atoms with van der Waals surface area (Å²) in [6, 6.07) is 14.3. The van der Waals surface area contributed by atoms with Crippen molar-refractivity contribution < 1.29 is 14.1 Å². The molecule has 1 aliphatic heterocycles. The van der Waals surface area contributed by atoms with Crippen LogP contribution in [0.15, 0.2) is 62.4 Å². The number of rotatable bonds is 4. The lowest BCUT2D eigenvalue weighted by atomic mass is 9.97. The molecule has 5 rings (SSSR count). The van der Waals surface area contributed by atoms with Crippen LogP contribution in [0.25, 0.3) is 11.0 Å². The summed E-state index contributed by atoms with van der Waals surface area (Å²) in [7, 11) is 1.62. The smallest absolute Gasteiger partial charge is 0.336 e. The highest BCUT2D eigenvalue weighted by Crippen LogP contribution is 2.32. The number of thiophene rings is 2. The molecule has 142 valence electrons. The van der Waals surface area contributed by atoms with Gasteiger partial charge in [0.15, 0.2) is 0 Å². The zero-order valence-corrected chi connectivity index (χ0v) is 17.1. The highest BCUT2D eigenvalue weighted by molar-refractivity contribution is 7.10. The van der Waals surface area contributed by atoms with Crippen molar-refractivity contribution in [3.63, 3.8) is 0 Å². The quantitative estimate of drug-likeness (QED) is 0.522. The highest BCUT2D eigenvalue weighted by Gasteiger charge is 2.34. The summed E-state index contributed by atoms with van der Waals surface area (Å²) in [5, 5.41) is 5.33. The third-order valence-electron chi connectivity index (χ3n) is 5.45. The molecule has 1 unspecified atom stereocenters. The number of fused-ring (bicyclic) bond motifs is 2. The topological polar surface area (TPSA) is 43.9 Å². The molecular weight excluding hydrogens is 390 g/mol. The van der Waals surface area contributed by atoms with E-state index in [1.807, 2.05) is 34.8 Å². The molecule has 0 spiro atoms. The first-order valence-electron chi connectivity index (χ1n) is 9.28. The highest BCUT2D eigenvalue weighted by atomic mass is 32.1. The van der Waals surface area contributed by atoms with Crippen LogP contribution in [0.1, 0.15) is 26.9 Å². The molecule has 4 nitrogen and oxygen atoms in total. The third kappa shape index (κ3) is 3.07. The van der Waals surface area contributed by atoms with Crippen LogP contribution in [0.2, 0.25) is 0 Å². The zero-order valence-electron chi connectivity index (χ0n) is 15.4. The van der Waals surface area contributed by atoms with Crippen LogP contribution in [-0.4, -0.2) is 13.7 Å². The largest absolute Gasteiger partial charge is 0.497 e. The van der Waals surface area contributed by atoms with Gasteiger partial charge < -0.3 is 14.1 Å². The van der Waals surface area contributed by atoms with Crippen LogP contribution < -0.4 is 15.3 Å². The number of ether oxygens (including phenoxy) is 1. The van der Waals surface area contributed by atoms with E-state index in [9.17, 15) is 4.79 Å². The number of methoxy groups -OCH3 is 1.